The van der Waals surface area contributed by atoms with Crippen molar-refractivity contribution in [3.8, 4) is 50.5 Å². The molecule has 0 radical (unpaired) electrons. The third kappa shape index (κ3) is 6.85. The first-order chi connectivity index (χ1) is 30.8. The lowest BCUT2D eigenvalue weighted by Crippen LogP contribution is -2.10. The molecule has 1 unspecified atom stereocenters. The Morgan fingerprint density at radius 3 is 1.65 bits per heavy atom. The number of rotatable bonds is 9. The molecule has 5 nitrogen and oxygen atoms in total. The molecule has 8 aromatic carbocycles. The first-order valence-electron chi connectivity index (χ1n) is 21.1. The van der Waals surface area contributed by atoms with E-state index in [2.05, 4.69) is 243 Å². The minimum atomic E-state index is 0.332. The van der Waals surface area contributed by atoms with Crippen LogP contribution in [0.4, 0.5) is 17.1 Å². The third-order valence-corrected chi connectivity index (χ3v) is 12.0. The Balaban J connectivity index is 1.09. The maximum Gasteiger partial charge on any atom is 0.162 e. The summed E-state index contributed by atoms with van der Waals surface area (Å²) in [6.07, 6.45) is 13.0. The smallest absolute Gasteiger partial charge is 0.162 e. The highest BCUT2D eigenvalue weighted by atomic mass is 15.1. The van der Waals surface area contributed by atoms with Gasteiger partial charge in [0.2, 0.25) is 0 Å². The highest BCUT2D eigenvalue weighted by Gasteiger charge is 2.23. The number of aromatic nitrogens is 4. The molecule has 294 valence electrons. The topological polar surface area (TPSA) is 46.8 Å². The van der Waals surface area contributed by atoms with Gasteiger partial charge in [0.05, 0.1) is 11.0 Å². The fraction of sp³-hybridized carbons (Fsp3) is 0.0351. The molecule has 10 aromatic rings. The molecule has 0 aliphatic heterocycles. The van der Waals surface area contributed by atoms with Crippen molar-refractivity contribution >= 4 is 38.9 Å². The van der Waals surface area contributed by atoms with E-state index in [9.17, 15) is 0 Å². The van der Waals surface area contributed by atoms with E-state index in [0.29, 0.717) is 11.7 Å². The Hall–Kier alpha value is -8.15. The standard InChI is InChI=1S/C57H41N5/c1-5-13-40(14-6-1)42-21-26-47(27-22-42)61(48-28-23-45(24-29-48)57-59-38-58-39-60-57)49-30-32-50(33-31-49)62-54-36-25-46(41-15-7-2-8-16-41)37-53(54)55-51(43-17-9-3-10-18-43)34-35-52(56(55)62)44-19-11-4-12-20-44/h1-15,17-39,41H,16H2. The van der Waals surface area contributed by atoms with Crippen LogP contribution in [0.15, 0.2) is 231 Å². The normalized spacial score (nSPS) is 13.5. The number of nitrogens with zero attached hydrogens (tertiary/aromatic N) is 5. The summed E-state index contributed by atoms with van der Waals surface area (Å²) < 4.78 is 2.48. The van der Waals surface area contributed by atoms with Crippen LogP contribution in [0.25, 0.3) is 72.3 Å². The van der Waals surface area contributed by atoms with Gasteiger partial charge in [-0.1, -0.05) is 146 Å². The van der Waals surface area contributed by atoms with Crippen LogP contribution in [-0.2, 0) is 0 Å². The van der Waals surface area contributed by atoms with Gasteiger partial charge in [-0.25, -0.2) is 15.0 Å². The summed E-state index contributed by atoms with van der Waals surface area (Å²) >= 11 is 0. The van der Waals surface area contributed by atoms with Crippen molar-refractivity contribution in [1.29, 1.82) is 0 Å². The van der Waals surface area contributed by atoms with Gasteiger partial charge in [0.1, 0.15) is 12.7 Å². The van der Waals surface area contributed by atoms with E-state index in [-0.39, 0.29) is 0 Å². The molecule has 5 heteroatoms. The zero-order chi connectivity index (χ0) is 41.2. The molecule has 11 rings (SSSR count). The second-order valence-electron chi connectivity index (χ2n) is 15.7. The Morgan fingerprint density at radius 1 is 0.484 bits per heavy atom. The zero-order valence-corrected chi connectivity index (χ0v) is 34.0. The summed E-state index contributed by atoms with van der Waals surface area (Å²) in [7, 11) is 0. The Labute approximate surface area is 361 Å². The first-order valence-corrected chi connectivity index (χ1v) is 21.1. The minimum Gasteiger partial charge on any atom is -0.311 e. The van der Waals surface area contributed by atoms with Gasteiger partial charge >= 0.3 is 0 Å². The van der Waals surface area contributed by atoms with Crippen molar-refractivity contribution < 1.29 is 0 Å². The molecular weight excluding hydrogens is 755 g/mol. The molecule has 1 aliphatic carbocycles. The van der Waals surface area contributed by atoms with Gasteiger partial charge < -0.3 is 9.47 Å². The molecule has 0 bridgehead atoms. The Bertz CT molecular complexity index is 3130. The average molecular weight is 796 g/mol. The maximum absolute atomic E-state index is 4.39. The van der Waals surface area contributed by atoms with Gasteiger partial charge in [-0.05, 0) is 113 Å². The van der Waals surface area contributed by atoms with Crippen molar-refractivity contribution in [2.45, 2.75) is 12.3 Å². The predicted octanol–water partition coefficient (Wildman–Crippen LogP) is 14.7. The summed E-state index contributed by atoms with van der Waals surface area (Å²) in [5.74, 6) is 0.976. The lowest BCUT2D eigenvalue weighted by molar-refractivity contribution is 0.855. The number of allylic oxidation sites excluding steroid dienone is 4. The van der Waals surface area contributed by atoms with Gasteiger partial charge in [-0.2, -0.15) is 0 Å². The molecule has 0 saturated heterocycles. The van der Waals surface area contributed by atoms with Gasteiger partial charge in [-0.3, -0.25) is 0 Å². The predicted molar refractivity (Wildman–Crippen MR) is 256 cm³/mol. The van der Waals surface area contributed by atoms with Crippen LogP contribution in [0.1, 0.15) is 17.9 Å². The van der Waals surface area contributed by atoms with Gasteiger partial charge in [0.15, 0.2) is 5.82 Å². The highest BCUT2D eigenvalue weighted by molar-refractivity contribution is 6.19. The maximum atomic E-state index is 4.39. The molecule has 0 spiro atoms. The summed E-state index contributed by atoms with van der Waals surface area (Å²) in [5.41, 5.74) is 16.0. The number of hydrogen-bond donors (Lipinski definition) is 0. The van der Waals surface area contributed by atoms with E-state index in [4.69, 9.17) is 0 Å². The van der Waals surface area contributed by atoms with Crippen LogP contribution in [0.5, 0.6) is 0 Å². The molecule has 1 atom stereocenters. The van der Waals surface area contributed by atoms with Crippen LogP contribution in [-0.4, -0.2) is 19.5 Å². The fourth-order valence-corrected chi connectivity index (χ4v) is 8.98. The Morgan fingerprint density at radius 2 is 1.03 bits per heavy atom. The average Bonchev–Trinajstić information content (AvgIpc) is 3.70. The van der Waals surface area contributed by atoms with Crippen molar-refractivity contribution in [3.05, 3.63) is 237 Å². The van der Waals surface area contributed by atoms with Gasteiger partial charge in [0.25, 0.3) is 0 Å². The number of hydrogen-bond acceptors (Lipinski definition) is 4. The van der Waals surface area contributed by atoms with E-state index < -0.39 is 0 Å². The monoisotopic (exact) mass is 795 g/mol. The first kappa shape index (κ1) is 36.9. The number of fused-ring (bicyclic) bond motifs is 3. The van der Waals surface area contributed by atoms with Crippen LogP contribution >= 0.6 is 0 Å². The van der Waals surface area contributed by atoms with Crippen molar-refractivity contribution in [1.82, 2.24) is 19.5 Å². The zero-order valence-electron chi connectivity index (χ0n) is 34.0. The largest absolute Gasteiger partial charge is 0.311 e. The minimum absolute atomic E-state index is 0.332. The van der Waals surface area contributed by atoms with Crippen LogP contribution in [0.3, 0.4) is 0 Å². The molecule has 1 aliphatic rings. The SMILES string of the molecule is C1=CCC(c2ccc3c(c2)c2c(-c4ccccc4)ccc(-c4ccccc4)c2n3-c2ccc(N(c3ccc(-c4ccccc4)cc3)c3ccc(-c4ncncn4)cc3)cc2)C=C1. The molecular formula is C57H41N5. The molecule has 0 fully saturated rings. The quantitative estimate of drug-likeness (QED) is 0.146. The van der Waals surface area contributed by atoms with E-state index in [0.717, 1.165) is 34.7 Å². The summed E-state index contributed by atoms with van der Waals surface area (Å²) in [4.78, 5) is 15.1. The summed E-state index contributed by atoms with van der Waals surface area (Å²) in [6, 6.07) is 70.1. The molecule has 0 amide bonds. The summed E-state index contributed by atoms with van der Waals surface area (Å²) in [5, 5.41) is 2.51. The van der Waals surface area contributed by atoms with Gasteiger partial charge in [0, 0.05) is 50.6 Å². The summed E-state index contributed by atoms with van der Waals surface area (Å²) in [6.45, 7) is 0. The van der Waals surface area contributed by atoms with Crippen molar-refractivity contribution in [2.75, 3.05) is 4.90 Å². The third-order valence-electron chi connectivity index (χ3n) is 12.0. The number of anilines is 3. The Kier molecular flexibility index (Phi) is 9.60. The van der Waals surface area contributed by atoms with E-state index >= 15 is 0 Å². The van der Waals surface area contributed by atoms with Crippen molar-refractivity contribution in [3.63, 3.8) is 0 Å². The molecule has 0 N–H and O–H groups in total. The second kappa shape index (κ2) is 16.1. The number of benzene rings is 8. The van der Waals surface area contributed by atoms with E-state index in [1.54, 1.807) is 0 Å². The molecule has 0 saturated carbocycles. The lowest BCUT2D eigenvalue weighted by atomic mass is 9.90. The van der Waals surface area contributed by atoms with E-state index in [1.807, 2.05) is 0 Å². The van der Waals surface area contributed by atoms with Crippen LogP contribution < -0.4 is 4.90 Å². The molecule has 2 aromatic heterocycles. The fourth-order valence-electron chi connectivity index (χ4n) is 8.98. The van der Waals surface area contributed by atoms with Crippen LogP contribution in [0, 0.1) is 0 Å². The van der Waals surface area contributed by atoms with Gasteiger partial charge in [-0.15, -0.1) is 0 Å². The molecule has 62 heavy (non-hydrogen) atoms. The molecule has 2 heterocycles. The highest BCUT2D eigenvalue weighted by Crippen LogP contribution is 2.45. The van der Waals surface area contributed by atoms with Crippen LogP contribution in [0.2, 0.25) is 0 Å². The lowest BCUT2D eigenvalue weighted by Gasteiger charge is -2.26. The second-order valence-corrected chi connectivity index (χ2v) is 15.7. The van der Waals surface area contributed by atoms with E-state index in [1.165, 1.54) is 73.4 Å². The van der Waals surface area contributed by atoms with Crippen molar-refractivity contribution in [2.24, 2.45) is 0 Å².